The fourth-order valence-corrected chi connectivity index (χ4v) is 6.72. The average Bonchev–Trinajstić information content (AvgIpc) is 3.31. The van der Waals surface area contributed by atoms with Gasteiger partial charge < -0.3 is 14.6 Å². The van der Waals surface area contributed by atoms with Gasteiger partial charge in [-0.25, -0.2) is 17.2 Å². The van der Waals surface area contributed by atoms with Crippen molar-refractivity contribution in [2.75, 3.05) is 27.2 Å². The monoisotopic (exact) mass is 572 g/mol. The first-order chi connectivity index (χ1) is 19.8. The fourth-order valence-electron chi connectivity index (χ4n) is 5.14. The number of esters is 1. The summed E-state index contributed by atoms with van der Waals surface area (Å²) in [6, 6.07) is 24.0. The summed E-state index contributed by atoms with van der Waals surface area (Å²) in [4.78, 5) is 27.9. The quantitative estimate of drug-likeness (QED) is 0.219. The maximum Gasteiger partial charge on any atom is 0.338 e. The minimum atomic E-state index is -4.04. The third-order valence-corrected chi connectivity index (χ3v) is 8.77. The molecule has 1 saturated heterocycles. The average molecular weight is 573 g/mol. The van der Waals surface area contributed by atoms with Gasteiger partial charge in [0.2, 0.25) is 0 Å². The van der Waals surface area contributed by atoms with E-state index in [1.54, 1.807) is 96.8 Å². The standard InChI is InChI=1S/C31H32N4O5S/c1-33(2)32-27-17-11-20-34(30(27)36)21-19-26-25-16-9-10-18-28(25)35(41(38,39)24-14-7-4-8-15-24)29(26)22-40-31(37)23-12-5-3-6-13-23/h3-10,12-16,18H,11,17,19-22H2,1-2H3/b32-27+. The van der Waals surface area contributed by atoms with Crippen molar-refractivity contribution in [1.29, 1.82) is 0 Å². The summed E-state index contributed by atoms with van der Waals surface area (Å²) in [5.41, 5.74) is 2.43. The molecule has 5 rings (SSSR count). The number of aromatic nitrogens is 1. The molecule has 10 heteroatoms. The second-order valence-corrected chi connectivity index (χ2v) is 11.8. The van der Waals surface area contributed by atoms with E-state index in [1.807, 2.05) is 12.1 Å². The Bertz CT molecular complexity index is 1700. The zero-order valence-corrected chi connectivity index (χ0v) is 23.9. The fraction of sp³-hybridized carbons (Fsp3) is 0.258. The molecule has 1 amide bonds. The molecule has 0 atom stereocenters. The van der Waals surface area contributed by atoms with Gasteiger partial charge in [-0.15, -0.1) is 0 Å². The number of para-hydroxylation sites is 1. The Labute approximate surface area is 239 Å². The molecule has 212 valence electrons. The van der Waals surface area contributed by atoms with Gasteiger partial charge in [-0.1, -0.05) is 54.6 Å². The number of hydrogen-bond acceptors (Lipinski definition) is 7. The molecule has 1 aliphatic heterocycles. The number of piperidine rings is 1. The van der Waals surface area contributed by atoms with Crippen LogP contribution in [-0.4, -0.2) is 67.1 Å². The molecule has 9 nitrogen and oxygen atoms in total. The van der Waals surface area contributed by atoms with Crippen molar-refractivity contribution < 1.29 is 22.7 Å². The van der Waals surface area contributed by atoms with E-state index in [0.29, 0.717) is 54.0 Å². The third kappa shape index (κ3) is 5.88. The number of rotatable bonds is 9. The molecular formula is C31H32N4O5S. The van der Waals surface area contributed by atoms with Gasteiger partial charge >= 0.3 is 5.97 Å². The number of carbonyl (C=O) groups is 2. The van der Waals surface area contributed by atoms with Crippen molar-refractivity contribution in [2.45, 2.75) is 30.8 Å². The van der Waals surface area contributed by atoms with Crippen molar-refractivity contribution in [1.82, 2.24) is 13.9 Å². The van der Waals surface area contributed by atoms with Gasteiger partial charge in [-0.05, 0) is 55.2 Å². The Kier molecular flexibility index (Phi) is 8.21. The lowest BCUT2D eigenvalue weighted by molar-refractivity contribution is -0.125. The normalized spacial score (nSPS) is 14.9. The van der Waals surface area contributed by atoms with Gasteiger partial charge in [0.25, 0.3) is 15.9 Å². The summed E-state index contributed by atoms with van der Waals surface area (Å²) in [5.74, 6) is -0.677. The molecule has 4 aromatic rings. The van der Waals surface area contributed by atoms with Crippen molar-refractivity contribution in [3.05, 3.63) is 102 Å². The van der Waals surface area contributed by atoms with E-state index >= 15 is 0 Å². The highest BCUT2D eigenvalue weighted by Gasteiger charge is 2.30. The topological polar surface area (TPSA) is 101 Å². The van der Waals surface area contributed by atoms with Crippen molar-refractivity contribution in [3.63, 3.8) is 0 Å². The summed E-state index contributed by atoms with van der Waals surface area (Å²) >= 11 is 0. The van der Waals surface area contributed by atoms with Crippen LogP contribution < -0.4 is 0 Å². The lowest BCUT2D eigenvalue weighted by Gasteiger charge is -2.28. The summed E-state index contributed by atoms with van der Waals surface area (Å²) in [6.45, 7) is 0.694. The molecule has 41 heavy (non-hydrogen) atoms. The number of benzene rings is 3. The largest absolute Gasteiger partial charge is 0.456 e. The van der Waals surface area contributed by atoms with E-state index in [1.165, 1.54) is 3.97 Å². The van der Waals surface area contributed by atoms with E-state index in [4.69, 9.17) is 4.74 Å². The van der Waals surface area contributed by atoms with Crippen LogP contribution in [-0.2, 0) is 32.6 Å². The summed E-state index contributed by atoms with van der Waals surface area (Å²) < 4.78 is 35.1. The smallest absolute Gasteiger partial charge is 0.338 e. The van der Waals surface area contributed by atoms with Crippen LogP contribution >= 0.6 is 0 Å². The minimum Gasteiger partial charge on any atom is -0.456 e. The molecule has 3 aromatic carbocycles. The molecule has 2 heterocycles. The predicted molar refractivity (Wildman–Crippen MR) is 157 cm³/mol. The molecule has 1 aliphatic rings. The second kappa shape index (κ2) is 12.0. The number of nitrogens with zero attached hydrogens (tertiary/aromatic N) is 4. The maximum atomic E-state index is 14.0. The molecule has 0 bridgehead atoms. The Balaban J connectivity index is 1.56. The maximum absolute atomic E-state index is 14.0. The predicted octanol–water partition coefficient (Wildman–Crippen LogP) is 4.32. The molecular weight excluding hydrogens is 540 g/mol. The van der Waals surface area contributed by atoms with Gasteiger partial charge in [0.15, 0.2) is 0 Å². The van der Waals surface area contributed by atoms with E-state index in [-0.39, 0.29) is 17.4 Å². The van der Waals surface area contributed by atoms with Crippen molar-refractivity contribution in [3.8, 4) is 0 Å². The Morgan fingerprint density at radius 2 is 1.61 bits per heavy atom. The number of ether oxygens (including phenoxy) is 1. The SMILES string of the molecule is CN(C)/N=C1\CCCN(CCc2c(COC(=O)c3ccccc3)n(S(=O)(=O)c3ccccc3)c3ccccc23)C1=O. The van der Waals surface area contributed by atoms with Gasteiger partial charge in [0.05, 0.1) is 21.7 Å². The first-order valence-corrected chi connectivity index (χ1v) is 14.9. The number of fused-ring (bicyclic) bond motifs is 1. The van der Waals surface area contributed by atoms with Gasteiger partial charge in [-0.3, -0.25) is 4.79 Å². The Morgan fingerprint density at radius 3 is 2.32 bits per heavy atom. The van der Waals surface area contributed by atoms with E-state index in [2.05, 4.69) is 5.10 Å². The first-order valence-electron chi connectivity index (χ1n) is 13.5. The van der Waals surface area contributed by atoms with Gasteiger partial charge in [0, 0.05) is 32.6 Å². The third-order valence-electron chi connectivity index (χ3n) is 7.00. The van der Waals surface area contributed by atoms with Crippen molar-refractivity contribution in [2.24, 2.45) is 5.10 Å². The van der Waals surface area contributed by atoms with Gasteiger partial charge in [-0.2, -0.15) is 5.10 Å². The highest BCUT2D eigenvalue weighted by atomic mass is 32.2. The van der Waals surface area contributed by atoms with E-state index in [9.17, 15) is 18.0 Å². The number of hydrazone groups is 1. The van der Waals surface area contributed by atoms with E-state index < -0.39 is 16.0 Å². The van der Waals surface area contributed by atoms with Crippen LogP contribution in [0.2, 0.25) is 0 Å². The first kappa shape index (κ1) is 28.1. The van der Waals surface area contributed by atoms with Crippen LogP contribution in [0, 0.1) is 0 Å². The lowest BCUT2D eigenvalue weighted by Crippen LogP contribution is -2.43. The molecule has 0 spiro atoms. The molecule has 0 unspecified atom stereocenters. The van der Waals surface area contributed by atoms with Crippen molar-refractivity contribution >= 4 is 38.5 Å². The molecule has 0 saturated carbocycles. The molecule has 1 fully saturated rings. The minimum absolute atomic E-state index is 0.123. The summed E-state index contributed by atoms with van der Waals surface area (Å²) in [5, 5.41) is 6.70. The highest BCUT2D eigenvalue weighted by Crippen LogP contribution is 2.32. The number of likely N-dealkylation sites (tertiary alicyclic amines) is 1. The van der Waals surface area contributed by atoms with Crippen LogP contribution in [0.4, 0.5) is 0 Å². The van der Waals surface area contributed by atoms with E-state index in [0.717, 1.165) is 11.8 Å². The number of amides is 1. The Hall–Kier alpha value is -4.44. The number of hydrogen-bond donors (Lipinski definition) is 0. The zero-order valence-electron chi connectivity index (χ0n) is 23.1. The van der Waals surface area contributed by atoms with Crippen LogP contribution in [0.3, 0.4) is 0 Å². The second-order valence-electron chi connectivity index (χ2n) is 10.0. The molecule has 0 aliphatic carbocycles. The Morgan fingerprint density at radius 1 is 0.951 bits per heavy atom. The highest BCUT2D eigenvalue weighted by molar-refractivity contribution is 7.90. The molecule has 1 aromatic heterocycles. The van der Waals surface area contributed by atoms with Crippen LogP contribution in [0.1, 0.15) is 34.5 Å². The van der Waals surface area contributed by atoms with Crippen LogP contribution in [0.15, 0.2) is 94.9 Å². The van der Waals surface area contributed by atoms with Gasteiger partial charge in [0.1, 0.15) is 12.3 Å². The van der Waals surface area contributed by atoms with Crippen LogP contribution in [0.25, 0.3) is 10.9 Å². The molecule has 0 radical (unpaired) electrons. The zero-order chi connectivity index (χ0) is 29.0. The van der Waals surface area contributed by atoms with Crippen LogP contribution in [0.5, 0.6) is 0 Å². The summed E-state index contributed by atoms with van der Waals surface area (Å²) in [6.07, 6.45) is 1.78. The number of carbonyl (C=O) groups excluding carboxylic acids is 2. The summed E-state index contributed by atoms with van der Waals surface area (Å²) in [7, 11) is -0.480. The molecule has 0 N–H and O–H groups in total. The lowest BCUT2D eigenvalue weighted by atomic mass is 10.0.